The zero-order chi connectivity index (χ0) is 15.5. The Labute approximate surface area is 129 Å². The van der Waals surface area contributed by atoms with Gasteiger partial charge in [-0.2, -0.15) is 5.10 Å². The lowest BCUT2D eigenvalue weighted by Gasteiger charge is -2.21. The van der Waals surface area contributed by atoms with Crippen LogP contribution in [0.25, 0.3) is 0 Å². The Hall–Kier alpha value is -1.92. The monoisotopic (exact) mass is 306 g/mol. The van der Waals surface area contributed by atoms with Gasteiger partial charge in [-0.1, -0.05) is 32.1 Å². The highest BCUT2D eigenvalue weighted by Gasteiger charge is 2.42. The molecule has 7 nitrogen and oxygen atoms in total. The molecule has 2 aliphatic carbocycles. The van der Waals surface area contributed by atoms with Crippen LogP contribution in [0.3, 0.4) is 0 Å². The Morgan fingerprint density at radius 2 is 2.18 bits per heavy atom. The maximum Gasteiger partial charge on any atom is 0.307 e. The standard InChI is InChI=1S/C15H22N4O3/c20-15(10-18-9-13(8-17-18)19(21)22)16-7-12-6-14(12)11-4-2-1-3-5-11/h8-9,11-12,14H,1-7,10H2,(H,16,20)/t12-,14-/m0/s1. The Morgan fingerprint density at radius 1 is 1.41 bits per heavy atom. The van der Waals surface area contributed by atoms with Crippen LogP contribution in [0.4, 0.5) is 5.69 Å². The summed E-state index contributed by atoms with van der Waals surface area (Å²) in [4.78, 5) is 21.9. The number of carbonyl (C=O) groups excluding carboxylic acids is 1. The second kappa shape index (κ2) is 6.46. The molecule has 1 heterocycles. The van der Waals surface area contributed by atoms with E-state index >= 15 is 0 Å². The minimum atomic E-state index is -0.514. The Morgan fingerprint density at radius 3 is 2.86 bits per heavy atom. The molecule has 7 heteroatoms. The van der Waals surface area contributed by atoms with Crippen molar-refractivity contribution in [3.05, 3.63) is 22.5 Å². The predicted molar refractivity (Wildman–Crippen MR) is 80.1 cm³/mol. The molecule has 1 aromatic heterocycles. The molecule has 0 radical (unpaired) electrons. The van der Waals surface area contributed by atoms with Crippen molar-refractivity contribution in [3.8, 4) is 0 Å². The molecule has 0 unspecified atom stereocenters. The van der Waals surface area contributed by atoms with Crippen LogP contribution in [-0.2, 0) is 11.3 Å². The summed E-state index contributed by atoms with van der Waals surface area (Å²) >= 11 is 0. The molecular weight excluding hydrogens is 284 g/mol. The molecule has 0 bridgehead atoms. The van der Waals surface area contributed by atoms with Crippen LogP contribution in [0.1, 0.15) is 38.5 Å². The van der Waals surface area contributed by atoms with Crippen molar-refractivity contribution in [1.29, 1.82) is 0 Å². The fourth-order valence-electron chi connectivity index (χ4n) is 3.63. The smallest absolute Gasteiger partial charge is 0.307 e. The molecule has 2 aliphatic rings. The van der Waals surface area contributed by atoms with Gasteiger partial charge in [-0.3, -0.25) is 19.6 Å². The van der Waals surface area contributed by atoms with E-state index in [9.17, 15) is 14.9 Å². The molecule has 120 valence electrons. The van der Waals surface area contributed by atoms with E-state index in [1.807, 2.05) is 0 Å². The maximum absolute atomic E-state index is 11.9. The van der Waals surface area contributed by atoms with Crippen molar-refractivity contribution in [2.45, 2.75) is 45.1 Å². The van der Waals surface area contributed by atoms with Crippen molar-refractivity contribution < 1.29 is 9.72 Å². The normalized spacial score (nSPS) is 24.9. The summed E-state index contributed by atoms with van der Waals surface area (Å²) in [6.07, 6.45) is 10.5. The SMILES string of the molecule is O=C(Cn1cc([N+](=O)[O-])cn1)NC[C@@H]1C[C@H]1C1CCCCC1. The number of amides is 1. The number of nitrogens with zero attached hydrogens (tertiary/aromatic N) is 3. The minimum Gasteiger partial charge on any atom is -0.354 e. The lowest BCUT2D eigenvalue weighted by Crippen LogP contribution is -2.30. The Bertz CT molecular complexity index is 551. The third-order valence-corrected chi connectivity index (χ3v) is 4.93. The van der Waals surface area contributed by atoms with Crippen molar-refractivity contribution in [2.24, 2.45) is 17.8 Å². The van der Waals surface area contributed by atoms with E-state index in [2.05, 4.69) is 10.4 Å². The highest BCUT2D eigenvalue weighted by atomic mass is 16.6. The molecule has 2 saturated carbocycles. The summed E-state index contributed by atoms with van der Waals surface area (Å²) in [5, 5.41) is 17.3. The summed E-state index contributed by atoms with van der Waals surface area (Å²) in [6, 6.07) is 0. The minimum absolute atomic E-state index is 0.0364. The van der Waals surface area contributed by atoms with Crippen LogP contribution in [0.5, 0.6) is 0 Å². The van der Waals surface area contributed by atoms with Gasteiger partial charge in [-0.25, -0.2) is 0 Å². The highest BCUT2D eigenvalue weighted by molar-refractivity contribution is 5.75. The van der Waals surface area contributed by atoms with E-state index in [0.29, 0.717) is 5.92 Å². The molecule has 0 aromatic carbocycles. The molecule has 2 atom stereocenters. The van der Waals surface area contributed by atoms with Gasteiger partial charge in [-0.15, -0.1) is 0 Å². The number of rotatable bonds is 6. The Kier molecular flexibility index (Phi) is 4.40. The molecule has 1 N–H and O–H groups in total. The van der Waals surface area contributed by atoms with E-state index in [0.717, 1.165) is 24.6 Å². The molecule has 0 spiro atoms. The summed E-state index contributed by atoms with van der Waals surface area (Å²) in [5.74, 6) is 2.15. The number of nitro groups is 1. The molecule has 1 amide bonds. The lowest BCUT2D eigenvalue weighted by atomic mass is 9.85. The van der Waals surface area contributed by atoms with E-state index in [4.69, 9.17) is 0 Å². The van der Waals surface area contributed by atoms with Crippen molar-refractivity contribution in [3.63, 3.8) is 0 Å². The average molecular weight is 306 g/mol. The zero-order valence-corrected chi connectivity index (χ0v) is 12.6. The quantitative estimate of drug-likeness (QED) is 0.644. The molecular formula is C15H22N4O3. The van der Waals surface area contributed by atoms with Crippen LogP contribution in [-0.4, -0.2) is 27.2 Å². The fraction of sp³-hybridized carbons (Fsp3) is 0.733. The van der Waals surface area contributed by atoms with E-state index in [1.165, 1.54) is 49.4 Å². The van der Waals surface area contributed by atoms with Crippen molar-refractivity contribution in [2.75, 3.05) is 6.54 Å². The van der Waals surface area contributed by atoms with Crippen LogP contribution in [0, 0.1) is 27.9 Å². The third kappa shape index (κ3) is 3.64. The topological polar surface area (TPSA) is 90.1 Å². The largest absolute Gasteiger partial charge is 0.354 e. The number of hydrogen-bond donors (Lipinski definition) is 1. The predicted octanol–water partition coefficient (Wildman–Crippen LogP) is 2.12. The fourth-order valence-corrected chi connectivity index (χ4v) is 3.63. The number of carbonyl (C=O) groups is 1. The van der Waals surface area contributed by atoms with Gasteiger partial charge in [0.15, 0.2) is 0 Å². The first-order valence-corrected chi connectivity index (χ1v) is 8.07. The highest BCUT2D eigenvalue weighted by Crippen LogP contribution is 2.48. The lowest BCUT2D eigenvalue weighted by molar-refractivity contribution is -0.385. The van der Waals surface area contributed by atoms with Gasteiger partial charge in [-0.05, 0) is 24.2 Å². The Balaban J connectivity index is 1.38. The number of hydrogen-bond acceptors (Lipinski definition) is 4. The summed E-state index contributed by atoms with van der Waals surface area (Å²) in [5.41, 5.74) is -0.0904. The summed E-state index contributed by atoms with van der Waals surface area (Å²) in [6.45, 7) is 0.762. The van der Waals surface area contributed by atoms with Crippen LogP contribution in [0.2, 0.25) is 0 Å². The van der Waals surface area contributed by atoms with E-state index in [1.54, 1.807) is 0 Å². The molecule has 0 aliphatic heterocycles. The van der Waals surface area contributed by atoms with Crippen LogP contribution >= 0.6 is 0 Å². The van der Waals surface area contributed by atoms with Gasteiger partial charge >= 0.3 is 5.69 Å². The molecule has 0 saturated heterocycles. The summed E-state index contributed by atoms with van der Waals surface area (Å²) < 4.78 is 1.30. The van der Waals surface area contributed by atoms with Gasteiger partial charge < -0.3 is 5.32 Å². The zero-order valence-electron chi connectivity index (χ0n) is 12.6. The van der Waals surface area contributed by atoms with E-state index < -0.39 is 4.92 Å². The second-order valence-electron chi connectivity index (χ2n) is 6.52. The van der Waals surface area contributed by atoms with Gasteiger partial charge in [0.2, 0.25) is 5.91 Å². The summed E-state index contributed by atoms with van der Waals surface area (Å²) in [7, 11) is 0. The first kappa shape index (κ1) is 15.0. The maximum atomic E-state index is 11.9. The second-order valence-corrected chi connectivity index (χ2v) is 6.52. The first-order chi connectivity index (χ1) is 10.6. The van der Waals surface area contributed by atoms with Gasteiger partial charge in [0.05, 0.1) is 4.92 Å². The molecule has 22 heavy (non-hydrogen) atoms. The van der Waals surface area contributed by atoms with Crippen molar-refractivity contribution in [1.82, 2.24) is 15.1 Å². The number of nitrogens with one attached hydrogen (secondary N) is 1. The van der Waals surface area contributed by atoms with Crippen molar-refractivity contribution >= 4 is 11.6 Å². The van der Waals surface area contributed by atoms with Gasteiger partial charge in [0, 0.05) is 6.54 Å². The molecule has 2 fully saturated rings. The average Bonchev–Trinajstić information content (AvgIpc) is 3.15. The first-order valence-electron chi connectivity index (χ1n) is 8.07. The molecule has 3 rings (SSSR count). The third-order valence-electron chi connectivity index (χ3n) is 4.93. The van der Waals surface area contributed by atoms with Gasteiger partial charge in [0.1, 0.15) is 18.9 Å². The van der Waals surface area contributed by atoms with Crippen LogP contribution < -0.4 is 5.32 Å². The van der Waals surface area contributed by atoms with E-state index in [-0.39, 0.29) is 18.1 Å². The van der Waals surface area contributed by atoms with Gasteiger partial charge in [0.25, 0.3) is 0 Å². The van der Waals surface area contributed by atoms with Crippen LogP contribution in [0.15, 0.2) is 12.4 Å². The number of aromatic nitrogens is 2. The molecule has 1 aromatic rings.